The summed E-state index contributed by atoms with van der Waals surface area (Å²) in [4.78, 5) is 28.7. The monoisotopic (exact) mass is 460 g/mol. The number of carbonyl (C=O) groups excluding carboxylic acids is 2. The molecule has 4 nitrogen and oxygen atoms in total. The van der Waals surface area contributed by atoms with Gasteiger partial charge < -0.3 is 10.2 Å². The third-order valence-corrected chi connectivity index (χ3v) is 6.05. The average Bonchev–Trinajstić information content (AvgIpc) is 2.84. The van der Waals surface area contributed by atoms with Crippen LogP contribution in [-0.4, -0.2) is 28.8 Å². The fourth-order valence-electron chi connectivity index (χ4n) is 3.79. The van der Waals surface area contributed by atoms with Gasteiger partial charge in [-0.2, -0.15) is 0 Å². The zero-order valence-corrected chi connectivity index (χ0v) is 20.1. The van der Waals surface area contributed by atoms with Gasteiger partial charge >= 0.3 is 0 Å². The quantitative estimate of drug-likeness (QED) is 0.450. The predicted molar refractivity (Wildman–Crippen MR) is 134 cm³/mol. The Hall–Kier alpha value is -3.47. The van der Waals surface area contributed by atoms with Crippen molar-refractivity contribution in [1.82, 2.24) is 10.2 Å². The molecule has 0 unspecified atom stereocenters. The molecule has 3 aromatic rings. The molecule has 0 aliphatic heterocycles. The average molecular weight is 461 g/mol. The first-order valence-electron chi connectivity index (χ1n) is 11.8. The summed E-state index contributed by atoms with van der Waals surface area (Å²) < 4.78 is 14.4. The van der Waals surface area contributed by atoms with E-state index in [-0.39, 0.29) is 30.8 Å². The minimum absolute atomic E-state index is 0.0198. The normalized spacial score (nSPS) is 12.6. The molecule has 0 aliphatic carbocycles. The van der Waals surface area contributed by atoms with Crippen molar-refractivity contribution in [2.24, 2.45) is 0 Å². The standard InChI is InChI=1S/C29H33FN2O2/c1-4-22(3)31-29(34)27(18-23-10-6-5-7-11-23)32(20-24-16-14-21(2)15-17-24)28(33)19-25-12-8-9-13-26(25)30/h5-17,22,27H,4,18-20H2,1-3H3,(H,31,34)/t22-,27-/m0/s1. The molecule has 2 atom stereocenters. The Labute approximate surface area is 201 Å². The summed E-state index contributed by atoms with van der Waals surface area (Å²) in [5, 5.41) is 3.05. The molecule has 0 fully saturated rings. The number of nitrogens with zero attached hydrogens (tertiary/aromatic N) is 1. The van der Waals surface area contributed by atoms with Gasteiger partial charge in [-0.05, 0) is 43.0 Å². The van der Waals surface area contributed by atoms with Crippen LogP contribution in [0.3, 0.4) is 0 Å². The summed E-state index contributed by atoms with van der Waals surface area (Å²) in [5.41, 5.74) is 3.31. The molecule has 5 heteroatoms. The van der Waals surface area contributed by atoms with Gasteiger partial charge in [0.05, 0.1) is 6.42 Å². The fraction of sp³-hybridized carbons (Fsp3) is 0.310. The van der Waals surface area contributed by atoms with Crippen LogP contribution in [0.25, 0.3) is 0 Å². The Bertz CT molecular complexity index is 1080. The van der Waals surface area contributed by atoms with Gasteiger partial charge in [-0.15, -0.1) is 0 Å². The Balaban J connectivity index is 1.97. The van der Waals surface area contributed by atoms with Crippen molar-refractivity contribution >= 4 is 11.8 Å². The van der Waals surface area contributed by atoms with Crippen LogP contribution in [0.1, 0.15) is 42.5 Å². The smallest absolute Gasteiger partial charge is 0.243 e. The first kappa shape index (κ1) is 25.2. The van der Waals surface area contributed by atoms with Gasteiger partial charge in [-0.3, -0.25) is 9.59 Å². The number of benzene rings is 3. The maximum absolute atomic E-state index is 14.4. The summed E-state index contributed by atoms with van der Waals surface area (Å²) in [6, 6.07) is 23.1. The van der Waals surface area contributed by atoms with Crippen LogP contribution in [0, 0.1) is 12.7 Å². The number of amides is 2. The second kappa shape index (κ2) is 12.1. The van der Waals surface area contributed by atoms with E-state index in [0.29, 0.717) is 12.0 Å². The molecule has 0 bridgehead atoms. The van der Waals surface area contributed by atoms with Crippen LogP contribution >= 0.6 is 0 Å². The lowest BCUT2D eigenvalue weighted by Gasteiger charge is -2.32. The number of hydrogen-bond acceptors (Lipinski definition) is 2. The Morgan fingerprint density at radius 3 is 2.21 bits per heavy atom. The van der Waals surface area contributed by atoms with Crippen molar-refractivity contribution in [1.29, 1.82) is 0 Å². The molecule has 34 heavy (non-hydrogen) atoms. The predicted octanol–water partition coefficient (Wildman–Crippen LogP) is 5.23. The maximum atomic E-state index is 14.4. The van der Waals surface area contributed by atoms with Crippen molar-refractivity contribution in [2.75, 3.05) is 0 Å². The third kappa shape index (κ3) is 7.01. The largest absolute Gasteiger partial charge is 0.352 e. The van der Waals surface area contributed by atoms with Gasteiger partial charge in [-0.1, -0.05) is 85.3 Å². The van der Waals surface area contributed by atoms with Gasteiger partial charge in [0.25, 0.3) is 0 Å². The second-order valence-electron chi connectivity index (χ2n) is 8.80. The van der Waals surface area contributed by atoms with E-state index < -0.39 is 11.9 Å². The summed E-state index contributed by atoms with van der Waals surface area (Å²) in [6.07, 6.45) is 1.04. The van der Waals surface area contributed by atoms with E-state index in [1.807, 2.05) is 75.4 Å². The van der Waals surface area contributed by atoms with Crippen molar-refractivity contribution in [2.45, 2.75) is 58.7 Å². The van der Waals surface area contributed by atoms with Crippen molar-refractivity contribution in [3.05, 3.63) is 107 Å². The van der Waals surface area contributed by atoms with Crippen LogP contribution < -0.4 is 5.32 Å². The van der Waals surface area contributed by atoms with Crippen LogP contribution in [0.4, 0.5) is 4.39 Å². The summed E-state index contributed by atoms with van der Waals surface area (Å²) in [7, 11) is 0. The van der Waals surface area contributed by atoms with E-state index in [1.54, 1.807) is 23.1 Å². The highest BCUT2D eigenvalue weighted by Gasteiger charge is 2.31. The molecule has 0 saturated heterocycles. The molecule has 1 N–H and O–H groups in total. The number of aryl methyl sites for hydroxylation is 1. The molecular weight excluding hydrogens is 427 g/mol. The molecule has 0 radical (unpaired) electrons. The topological polar surface area (TPSA) is 49.4 Å². The molecule has 178 valence electrons. The molecule has 0 heterocycles. The van der Waals surface area contributed by atoms with Crippen molar-refractivity contribution < 1.29 is 14.0 Å². The second-order valence-corrected chi connectivity index (χ2v) is 8.80. The zero-order valence-electron chi connectivity index (χ0n) is 20.1. The zero-order chi connectivity index (χ0) is 24.5. The molecule has 3 aromatic carbocycles. The molecule has 0 aliphatic rings. The van der Waals surface area contributed by atoms with Gasteiger partial charge in [0.1, 0.15) is 11.9 Å². The molecule has 3 rings (SSSR count). The minimum Gasteiger partial charge on any atom is -0.352 e. The Kier molecular flexibility index (Phi) is 8.97. The van der Waals surface area contributed by atoms with Gasteiger partial charge in [0, 0.05) is 19.0 Å². The lowest BCUT2D eigenvalue weighted by atomic mass is 10.0. The van der Waals surface area contributed by atoms with Gasteiger partial charge in [-0.25, -0.2) is 4.39 Å². The highest BCUT2D eigenvalue weighted by Crippen LogP contribution is 2.18. The van der Waals surface area contributed by atoms with Crippen LogP contribution in [0.15, 0.2) is 78.9 Å². The number of nitrogens with one attached hydrogen (secondary N) is 1. The summed E-state index contributed by atoms with van der Waals surface area (Å²) in [5.74, 6) is -0.909. The maximum Gasteiger partial charge on any atom is 0.243 e. The van der Waals surface area contributed by atoms with Crippen molar-refractivity contribution in [3.63, 3.8) is 0 Å². The van der Waals surface area contributed by atoms with E-state index in [9.17, 15) is 14.0 Å². The van der Waals surface area contributed by atoms with Gasteiger partial charge in [0.2, 0.25) is 11.8 Å². The van der Waals surface area contributed by atoms with Crippen LogP contribution in [0.5, 0.6) is 0 Å². The van der Waals surface area contributed by atoms with Crippen LogP contribution in [-0.2, 0) is 29.0 Å². The third-order valence-electron chi connectivity index (χ3n) is 6.05. The first-order chi connectivity index (χ1) is 16.4. The van der Waals surface area contributed by atoms with Crippen LogP contribution in [0.2, 0.25) is 0 Å². The first-order valence-corrected chi connectivity index (χ1v) is 11.8. The van der Waals surface area contributed by atoms with E-state index in [4.69, 9.17) is 0 Å². The summed E-state index contributed by atoms with van der Waals surface area (Å²) in [6.45, 7) is 6.22. The molecule has 0 aromatic heterocycles. The number of carbonyl (C=O) groups is 2. The molecular formula is C29H33FN2O2. The lowest BCUT2D eigenvalue weighted by molar-refractivity contribution is -0.141. The number of rotatable bonds is 10. The molecule has 0 saturated carbocycles. The molecule has 2 amide bonds. The molecule has 0 spiro atoms. The SMILES string of the molecule is CC[C@H](C)NC(=O)[C@H](Cc1ccccc1)N(Cc1ccc(C)cc1)C(=O)Cc1ccccc1F. The number of hydrogen-bond donors (Lipinski definition) is 1. The lowest BCUT2D eigenvalue weighted by Crippen LogP contribution is -2.52. The van der Waals surface area contributed by atoms with E-state index >= 15 is 0 Å². The Morgan fingerprint density at radius 2 is 1.56 bits per heavy atom. The minimum atomic E-state index is -0.725. The van der Waals surface area contributed by atoms with E-state index in [1.165, 1.54) is 6.07 Å². The van der Waals surface area contributed by atoms with Crippen molar-refractivity contribution in [3.8, 4) is 0 Å². The highest BCUT2D eigenvalue weighted by molar-refractivity contribution is 5.89. The number of halogens is 1. The fourth-order valence-corrected chi connectivity index (χ4v) is 3.79. The van der Waals surface area contributed by atoms with Gasteiger partial charge in [0.15, 0.2) is 0 Å². The Morgan fingerprint density at radius 1 is 0.912 bits per heavy atom. The highest BCUT2D eigenvalue weighted by atomic mass is 19.1. The van der Waals surface area contributed by atoms with E-state index in [2.05, 4.69) is 5.32 Å². The van der Waals surface area contributed by atoms with E-state index in [0.717, 1.165) is 23.1 Å². The summed E-state index contributed by atoms with van der Waals surface area (Å²) >= 11 is 0.